The molecule has 1 aliphatic rings. The Morgan fingerprint density at radius 2 is 2.17 bits per heavy atom. The first-order chi connectivity index (χ1) is 5.79. The summed E-state index contributed by atoms with van der Waals surface area (Å²) in [6.07, 6.45) is -0.588. The van der Waals surface area contributed by atoms with Crippen LogP contribution in [0.1, 0.15) is 11.7 Å². The minimum atomic E-state index is -0.588. The van der Waals surface area contributed by atoms with E-state index >= 15 is 0 Å². The van der Waals surface area contributed by atoms with Gasteiger partial charge in [-0.15, -0.1) is 0 Å². The van der Waals surface area contributed by atoms with Crippen LogP contribution in [0.15, 0.2) is 24.3 Å². The maximum absolute atomic E-state index is 9.62. The SMILES string of the molecule is NC1COc2ccccc2C1O. The van der Waals surface area contributed by atoms with Gasteiger partial charge in [-0.25, -0.2) is 0 Å². The molecule has 0 bridgehead atoms. The summed E-state index contributed by atoms with van der Waals surface area (Å²) in [7, 11) is 0. The van der Waals surface area contributed by atoms with Crippen LogP contribution in [0.5, 0.6) is 5.75 Å². The molecule has 0 radical (unpaired) electrons. The highest BCUT2D eigenvalue weighted by molar-refractivity contribution is 5.37. The zero-order valence-electron chi connectivity index (χ0n) is 6.60. The molecule has 0 spiro atoms. The van der Waals surface area contributed by atoms with Gasteiger partial charge in [-0.05, 0) is 6.07 Å². The smallest absolute Gasteiger partial charge is 0.125 e. The number of rotatable bonds is 0. The lowest BCUT2D eigenvalue weighted by atomic mass is 10.0. The maximum atomic E-state index is 9.62. The molecular weight excluding hydrogens is 154 g/mol. The number of ether oxygens (including phenoxy) is 1. The molecule has 1 aromatic rings. The molecule has 1 heterocycles. The van der Waals surface area contributed by atoms with Gasteiger partial charge in [0.25, 0.3) is 0 Å². The van der Waals surface area contributed by atoms with Gasteiger partial charge in [0.15, 0.2) is 0 Å². The highest BCUT2D eigenvalue weighted by atomic mass is 16.5. The van der Waals surface area contributed by atoms with E-state index in [2.05, 4.69) is 0 Å². The normalized spacial score (nSPS) is 27.5. The average Bonchev–Trinajstić information content (AvgIpc) is 2.12. The molecule has 0 aromatic heterocycles. The summed E-state index contributed by atoms with van der Waals surface area (Å²) in [5, 5.41) is 9.62. The molecule has 2 atom stereocenters. The van der Waals surface area contributed by atoms with Gasteiger partial charge in [0.2, 0.25) is 0 Å². The lowest BCUT2D eigenvalue weighted by Crippen LogP contribution is -2.37. The van der Waals surface area contributed by atoms with Gasteiger partial charge in [-0.3, -0.25) is 0 Å². The molecular formula is C9H11NO2. The zero-order valence-corrected chi connectivity index (χ0v) is 6.60. The van der Waals surface area contributed by atoms with Gasteiger partial charge in [0.1, 0.15) is 18.5 Å². The van der Waals surface area contributed by atoms with Crippen molar-refractivity contribution >= 4 is 0 Å². The van der Waals surface area contributed by atoms with Crippen LogP contribution in [0.3, 0.4) is 0 Å². The Kier molecular flexibility index (Phi) is 1.75. The van der Waals surface area contributed by atoms with E-state index in [-0.39, 0.29) is 6.04 Å². The van der Waals surface area contributed by atoms with Crippen molar-refractivity contribution in [1.29, 1.82) is 0 Å². The molecule has 2 rings (SSSR count). The van der Waals surface area contributed by atoms with Crippen molar-refractivity contribution in [3.8, 4) is 5.75 Å². The van der Waals surface area contributed by atoms with Gasteiger partial charge in [0.05, 0.1) is 6.04 Å². The largest absolute Gasteiger partial charge is 0.491 e. The number of nitrogens with two attached hydrogens (primary N) is 1. The van der Waals surface area contributed by atoms with E-state index in [1.165, 1.54) is 0 Å². The number of hydrogen-bond acceptors (Lipinski definition) is 3. The third-order valence-corrected chi connectivity index (χ3v) is 2.07. The Morgan fingerprint density at radius 3 is 3.00 bits per heavy atom. The summed E-state index contributed by atoms with van der Waals surface area (Å²) >= 11 is 0. The first-order valence-electron chi connectivity index (χ1n) is 3.94. The number of aliphatic hydroxyl groups excluding tert-OH is 1. The third kappa shape index (κ3) is 1.07. The average molecular weight is 165 g/mol. The first-order valence-corrected chi connectivity index (χ1v) is 3.94. The Bertz CT molecular complexity index is 288. The number of fused-ring (bicyclic) bond motifs is 1. The van der Waals surface area contributed by atoms with Crippen LogP contribution in [-0.4, -0.2) is 17.8 Å². The molecule has 3 nitrogen and oxygen atoms in total. The van der Waals surface area contributed by atoms with Crippen LogP contribution in [0, 0.1) is 0 Å². The molecule has 0 amide bonds. The highest BCUT2D eigenvalue weighted by Gasteiger charge is 2.25. The van der Waals surface area contributed by atoms with Crippen LogP contribution >= 0.6 is 0 Å². The van der Waals surface area contributed by atoms with Crippen molar-refractivity contribution in [3.05, 3.63) is 29.8 Å². The topological polar surface area (TPSA) is 55.5 Å². The predicted molar refractivity (Wildman–Crippen MR) is 44.9 cm³/mol. The van der Waals surface area contributed by atoms with Crippen molar-refractivity contribution in [2.45, 2.75) is 12.1 Å². The van der Waals surface area contributed by atoms with Crippen LogP contribution in [0.25, 0.3) is 0 Å². The number of benzene rings is 1. The fraction of sp³-hybridized carbons (Fsp3) is 0.333. The number of para-hydroxylation sites is 1. The third-order valence-electron chi connectivity index (χ3n) is 2.07. The van der Waals surface area contributed by atoms with Crippen LogP contribution < -0.4 is 10.5 Å². The van der Waals surface area contributed by atoms with Gasteiger partial charge in [-0.1, -0.05) is 18.2 Å². The van der Waals surface area contributed by atoms with Gasteiger partial charge >= 0.3 is 0 Å². The summed E-state index contributed by atoms with van der Waals surface area (Å²) in [6.45, 7) is 0.387. The summed E-state index contributed by atoms with van der Waals surface area (Å²) in [5.41, 5.74) is 6.41. The van der Waals surface area contributed by atoms with Crippen LogP contribution in [0.4, 0.5) is 0 Å². The molecule has 64 valence electrons. The van der Waals surface area contributed by atoms with E-state index in [0.717, 1.165) is 11.3 Å². The summed E-state index contributed by atoms with van der Waals surface area (Å²) < 4.78 is 5.32. The first kappa shape index (κ1) is 7.58. The predicted octanol–water partition coefficient (Wildman–Crippen LogP) is 0.440. The molecule has 0 saturated carbocycles. The van der Waals surface area contributed by atoms with E-state index in [1.807, 2.05) is 24.3 Å². The molecule has 2 unspecified atom stereocenters. The maximum Gasteiger partial charge on any atom is 0.125 e. The second-order valence-electron chi connectivity index (χ2n) is 2.96. The van der Waals surface area contributed by atoms with Crippen molar-refractivity contribution in [3.63, 3.8) is 0 Å². The van der Waals surface area contributed by atoms with Crippen LogP contribution in [0.2, 0.25) is 0 Å². The number of aliphatic hydroxyl groups is 1. The van der Waals surface area contributed by atoms with Crippen molar-refractivity contribution in [2.24, 2.45) is 5.73 Å². The van der Waals surface area contributed by atoms with Gasteiger partial charge in [-0.2, -0.15) is 0 Å². The lowest BCUT2D eigenvalue weighted by molar-refractivity contribution is 0.0916. The Labute approximate surface area is 70.8 Å². The minimum Gasteiger partial charge on any atom is -0.491 e. The Hall–Kier alpha value is -1.06. The fourth-order valence-electron chi connectivity index (χ4n) is 1.36. The van der Waals surface area contributed by atoms with E-state index in [9.17, 15) is 5.11 Å². The minimum absolute atomic E-state index is 0.306. The van der Waals surface area contributed by atoms with Crippen molar-refractivity contribution in [1.82, 2.24) is 0 Å². The summed E-state index contributed by atoms with van der Waals surface area (Å²) in [5.74, 6) is 0.742. The Morgan fingerprint density at radius 1 is 1.42 bits per heavy atom. The molecule has 0 aliphatic carbocycles. The highest BCUT2D eigenvalue weighted by Crippen LogP contribution is 2.30. The monoisotopic (exact) mass is 165 g/mol. The zero-order chi connectivity index (χ0) is 8.55. The quantitative estimate of drug-likeness (QED) is 0.586. The second kappa shape index (κ2) is 2.77. The summed E-state index contributed by atoms with van der Waals surface area (Å²) in [6, 6.07) is 7.11. The van der Waals surface area contributed by atoms with Gasteiger partial charge in [0, 0.05) is 5.56 Å². The summed E-state index contributed by atoms with van der Waals surface area (Å²) in [4.78, 5) is 0. The molecule has 1 aromatic carbocycles. The van der Waals surface area contributed by atoms with Crippen LogP contribution in [-0.2, 0) is 0 Å². The molecule has 0 saturated heterocycles. The molecule has 3 heteroatoms. The molecule has 12 heavy (non-hydrogen) atoms. The molecule has 3 N–H and O–H groups in total. The van der Waals surface area contributed by atoms with Crippen molar-refractivity contribution in [2.75, 3.05) is 6.61 Å². The van der Waals surface area contributed by atoms with E-state index < -0.39 is 6.10 Å². The molecule has 0 fully saturated rings. The van der Waals surface area contributed by atoms with E-state index in [0.29, 0.717) is 6.61 Å². The standard InChI is InChI=1S/C9H11NO2/c10-7-5-12-8-4-2-1-3-6(8)9(7)11/h1-4,7,9,11H,5,10H2. The lowest BCUT2D eigenvalue weighted by Gasteiger charge is -2.27. The number of hydrogen-bond donors (Lipinski definition) is 2. The second-order valence-corrected chi connectivity index (χ2v) is 2.96. The molecule has 1 aliphatic heterocycles. The van der Waals surface area contributed by atoms with E-state index in [4.69, 9.17) is 10.5 Å². The fourth-order valence-corrected chi connectivity index (χ4v) is 1.36. The van der Waals surface area contributed by atoms with Crippen molar-refractivity contribution < 1.29 is 9.84 Å². The van der Waals surface area contributed by atoms with E-state index in [1.54, 1.807) is 0 Å². The van der Waals surface area contributed by atoms with Gasteiger partial charge < -0.3 is 15.6 Å². The Balaban J connectivity index is 2.42.